The Balaban J connectivity index is 2.51. The Kier molecular flexibility index (Phi) is 3.49. The van der Waals surface area contributed by atoms with Crippen LogP contribution < -0.4 is 5.32 Å². The summed E-state index contributed by atoms with van der Waals surface area (Å²) in [6, 6.07) is 0.153. The van der Waals surface area contributed by atoms with Gasteiger partial charge in [0.2, 0.25) is 0 Å². The summed E-state index contributed by atoms with van der Waals surface area (Å²) < 4.78 is 9.29. The fourth-order valence-corrected chi connectivity index (χ4v) is 0.706. The van der Waals surface area contributed by atoms with Crippen molar-refractivity contribution in [3.05, 3.63) is 5.89 Å². The average molecular weight is 195 g/mol. The number of aromatic nitrogens is 2. The van der Waals surface area contributed by atoms with Gasteiger partial charge in [0.1, 0.15) is 0 Å². The maximum atomic E-state index is 10.9. The first-order valence-electron chi connectivity index (χ1n) is 3.87. The fraction of sp³-hybridized carbons (Fsp3) is 0.375. The van der Waals surface area contributed by atoms with Crippen molar-refractivity contribution in [2.75, 3.05) is 19.0 Å². The smallest absolute Gasteiger partial charge is 0.396 e. The Labute approximate surface area is 80.6 Å². The van der Waals surface area contributed by atoms with Crippen LogP contribution in [-0.4, -0.2) is 29.8 Å². The predicted molar refractivity (Wildman–Crippen MR) is 47.6 cm³/mol. The molecule has 0 unspecified atom stereocenters. The zero-order valence-corrected chi connectivity index (χ0v) is 7.61. The molecule has 0 fully saturated rings. The predicted octanol–water partition coefficient (Wildman–Crippen LogP) is 0.291. The van der Waals surface area contributed by atoms with Crippen molar-refractivity contribution in [3.63, 3.8) is 0 Å². The van der Waals surface area contributed by atoms with Gasteiger partial charge in [-0.2, -0.15) is 0 Å². The number of carbonyl (C=O) groups is 1. The Morgan fingerprint density at radius 3 is 3.14 bits per heavy atom. The van der Waals surface area contributed by atoms with E-state index in [0.717, 1.165) is 0 Å². The number of rotatable bonds is 4. The highest BCUT2D eigenvalue weighted by Gasteiger charge is 2.14. The van der Waals surface area contributed by atoms with Gasteiger partial charge >= 0.3 is 17.9 Å². The van der Waals surface area contributed by atoms with E-state index in [9.17, 15) is 4.79 Å². The van der Waals surface area contributed by atoms with Crippen molar-refractivity contribution >= 4 is 12.0 Å². The molecule has 1 heterocycles. The molecule has 14 heavy (non-hydrogen) atoms. The summed E-state index contributed by atoms with van der Waals surface area (Å²) in [6.45, 7) is 0.513. The molecule has 0 aromatic carbocycles. The van der Waals surface area contributed by atoms with Gasteiger partial charge in [-0.25, -0.2) is 4.79 Å². The molecule has 0 amide bonds. The second-order valence-electron chi connectivity index (χ2n) is 2.28. The van der Waals surface area contributed by atoms with Crippen LogP contribution in [0.2, 0.25) is 0 Å². The van der Waals surface area contributed by atoms with Crippen molar-refractivity contribution in [2.24, 2.45) is 0 Å². The van der Waals surface area contributed by atoms with Gasteiger partial charge in [0.25, 0.3) is 0 Å². The second-order valence-corrected chi connectivity index (χ2v) is 2.28. The Morgan fingerprint density at radius 1 is 1.71 bits per heavy atom. The van der Waals surface area contributed by atoms with E-state index in [1.54, 1.807) is 0 Å². The van der Waals surface area contributed by atoms with E-state index in [1.165, 1.54) is 7.11 Å². The van der Waals surface area contributed by atoms with Crippen LogP contribution in [0.1, 0.15) is 17.1 Å². The van der Waals surface area contributed by atoms with Crippen LogP contribution in [0.15, 0.2) is 4.42 Å². The summed E-state index contributed by atoms with van der Waals surface area (Å²) in [4.78, 5) is 10.9. The number of nitrogens with zero attached hydrogens (tertiary/aromatic N) is 2. The minimum Gasteiger partial charge on any atom is -0.462 e. The van der Waals surface area contributed by atoms with E-state index in [2.05, 4.69) is 26.2 Å². The van der Waals surface area contributed by atoms with Crippen LogP contribution in [0.3, 0.4) is 0 Å². The first-order valence-corrected chi connectivity index (χ1v) is 3.87. The minimum absolute atomic E-state index is 0.153. The highest BCUT2D eigenvalue weighted by molar-refractivity contribution is 5.83. The summed E-state index contributed by atoms with van der Waals surface area (Å²) in [5.41, 5.74) is 0. The molecule has 0 bridgehead atoms. The monoisotopic (exact) mass is 195 g/mol. The summed E-state index contributed by atoms with van der Waals surface area (Å²) in [7, 11) is 1.23. The summed E-state index contributed by atoms with van der Waals surface area (Å²) in [5.74, 6) is 1.59. The molecule has 0 radical (unpaired) electrons. The number of nitrogens with one attached hydrogen (secondary N) is 1. The number of hydrogen-bond acceptors (Lipinski definition) is 6. The van der Waals surface area contributed by atoms with Gasteiger partial charge in [-0.05, 0) is 0 Å². The van der Waals surface area contributed by atoms with E-state index >= 15 is 0 Å². The molecule has 74 valence electrons. The zero-order chi connectivity index (χ0) is 10.4. The minimum atomic E-state index is -0.664. The molecule has 0 saturated heterocycles. The first-order chi connectivity index (χ1) is 6.77. The summed E-state index contributed by atoms with van der Waals surface area (Å²) >= 11 is 0. The SMILES string of the molecule is C#CCCNc1nnc(C(=O)OC)o1. The van der Waals surface area contributed by atoms with Crippen LogP contribution in [0.4, 0.5) is 6.01 Å². The van der Waals surface area contributed by atoms with Gasteiger partial charge < -0.3 is 14.5 Å². The van der Waals surface area contributed by atoms with E-state index in [1.807, 2.05) is 0 Å². The van der Waals surface area contributed by atoms with E-state index in [0.29, 0.717) is 13.0 Å². The number of carbonyl (C=O) groups excluding carboxylic acids is 1. The van der Waals surface area contributed by atoms with Crippen molar-refractivity contribution in [1.29, 1.82) is 0 Å². The van der Waals surface area contributed by atoms with Crippen molar-refractivity contribution in [3.8, 4) is 12.3 Å². The van der Waals surface area contributed by atoms with Crippen LogP contribution in [0.5, 0.6) is 0 Å². The van der Waals surface area contributed by atoms with Crippen LogP contribution >= 0.6 is 0 Å². The molecule has 6 nitrogen and oxygen atoms in total. The quantitative estimate of drug-likeness (QED) is 0.422. The highest BCUT2D eigenvalue weighted by atomic mass is 16.5. The Morgan fingerprint density at radius 2 is 2.50 bits per heavy atom. The van der Waals surface area contributed by atoms with Gasteiger partial charge in [0, 0.05) is 13.0 Å². The number of terminal acetylenes is 1. The highest BCUT2D eigenvalue weighted by Crippen LogP contribution is 2.05. The van der Waals surface area contributed by atoms with Gasteiger partial charge in [-0.1, -0.05) is 10.2 Å². The summed E-state index contributed by atoms with van der Waals surface area (Å²) in [6.07, 6.45) is 5.57. The molecule has 0 aliphatic heterocycles. The molecule has 0 saturated carbocycles. The lowest BCUT2D eigenvalue weighted by molar-refractivity contribution is 0.0557. The molecule has 0 aliphatic carbocycles. The normalized spacial score (nSPS) is 9.14. The van der Waals surface area contributed by atoms with Crippen LogP contribution in [-0.2, 0) is 4.74 Å². The first kappa shape index (κ1) is 10.1. The average Bonchev–Trinajstić information content (AvgIpc) is 2.66. The largest absolute Gasteiger partial charge is 0.462 e. The lowest BCUT2D eigenvalue weighted by Gasteiger charge is -1.94. The van der Waals surface area contributed by atoms with Crippen molar-refractivity contribution < 1.29 is 13.9 Å². The Hall–Kier alpha value is -2.03. The third-order valence-electron chi connectivity index (χ3n) is 1.33. The lowest BCUT2D eigenvalue weighted by atomic mass is 10.4. The molecule has 1 N–H and O–H groups in total. The molecular formula is C8H9N3O3. The van der Waals surface area contributed by atoms with Crippen LogP contribution in [0.25, 0.3) is 0 Å². The summed E-state index contributed by atoms with van der Waals surface area (Å²) in [5, 5.41) is 9.77. The number of anilines is 1. The second kappa shape index (κ2) is 4.87. The third kappa shape index (κ3) is 2.48. The maximum Gasteiger partial charge on any atom is 0.396 e. The molecule has 1 aromatic heterocycles. The molecule has 0 atom stereocenters. The van der Waals surface area contributed by atoms with E-state index in [4.69, 9.17) is 10.8 Å². The molecule has 6 heteroatoms. The molecule has 0 spiro atoms. The van der Waals surface area contributed by atoms with Crippen LogP contribution in [0, 0.1) is 12.3 Å². The molecule has 0 aliphatic rings. The zero-order valence-electron chi connectivity index (χ0n) is 7.61. The molecule has 1 aromatic rings. The maximum absolute atomic E-state index is 10.9. The number of hydrogen-bond donors (Lipinski definition) is 1. The lowest BCUT2D eigenvalue weighted by Crippen LogP contribution is -2.01. The van der Waals surface area contributed by atoms with Crippen molar-refractivity contribution in [2.45, 2.75) is 6.42 Å². The molecule has 1 rings (SSSR count). The topological polar surface area (TPSA) is 77.2 Å². The van der Waals surface area contributed by atoms with Gasteiger partial charge in [0.15, 0.2) is 0 Å². The number of esters is 1. The van der Waals surface area contributed by atoms with Crippen molar-refractivity contribution in [1.82, 2.24) is 10.2 Å². The number of methoxy groups -OCH3 is 1. The Bertz CT molecular complexity index is 353. The van der Waals surface area contributed by atoms with Gasteiger partial charge in [-0.3, -0.25) is 0 Å². The number of ether oxygens (including phenoxy) is 1. The van der Waals surface area contributed by atoms with Gasteiger partial charge in [-0.15, -0.1) is 12.3 Å². The van der Waals surface area contributed by atoms with E-state index < -0.39 is 5.97 Å². The standard InChI is InChI=1S/C8H9N3O3/c1-3-4-5-9-8-11-10-6(14-8)7(12)13-2/h1H,4-5H2,2H3,(H,9,11). The fourth-order valence-electron chi connectivity index (χ4n) is 0.706. The molecular weight excluding hydrogens is 186 g/mol. The van der Waals surface area contributed by atoms with Gasteiger partial charge in [0.05, 0.1) is 7.11 Å². The van der Waals surface area contributed by atoms with E-state index in [-0.39, 0.29) is 11.9 Å². The third-order valence-corrected chi connectivity index (χ3v) is 1.33.